The molecule has 0 aromatic rings. The molecular weight excluding hydrogens is 719 g/mol. The third-order valence-corrected chi connectivity index (χ3v) is 11.9. The molecule has 0 unspecified atom stereocenters. The minimum absolute atomic E-state index is 0.0344. The largest absolute Gasteiger partial charge is 0.462 e. The Balaban J connectivity index is 4.54. The van der Waals surface area contributed by atoms with Gasteiger partial charge in [-0.15, -0.1) is 0 Å². The molecule has 0 radical (unpaired) electrons. The molecular formula is C51H103N3O4. The van der Waals surface area contributed by atoms with Crippen molar-refractivity contribution >= 4 is 12.1 Å². The molecule has 0 fully saturated rings. The van der Waals surface area contributed by atoms with Gasteiger partial charge in [-0.1, -0.05) is 169 Å². The van der Waals surface area contributed by atoms with E-state index in [0.717, 1.165) is 84.1 Å². The van der Waals surface area contributed by atoms with E-state index < -0.39 is 0 Å². The maximum atomic E-state index is 13.0. The highest BCUT2D eigenvalue weighted by atomic mass is 16.6. The van der Waals surface area contributed by atoms with Gasteiger partial charge in [0.2, 0.25) is 0 Å². The molecule has 0 atom stereocenters. The molecule has 1 amide bonds. The Morgan fingerprint density at radius 2 is 0.776 bits per heavy atom. The number of nitrogens with zero attached hydrogens (tertiary/aromatic N) is 3. The molecule has 0 rings (SSSR count). The van der Waals surface area contributed by atoms with Crippen molar-refractivity contribution in [2.24, 2.45) is 0 Å². The summed E-state index contributed by atoms with van der Waals surface area (Å²) < 4.78 is 11.9. The van der Waals surface area contributed by atoms with Crippen LogP contribution >= 0.6 is 0 Å². The highest BCUT2D eigenvalue weighted by Gasteiger charge is 2.16. The molecule has 7 heteroatoms. The molecule has 346 valence electrons. The number of carbonyl (C=O) groups is 2. The van der Waals surface area contributed by atoms with Crippen molar-refractivity contribution in [3.8, 4) is 0 Å². The second kappa shape index (κ2) is 45.2. The molecule has 0 aliphatic rings. The summed E-state index contributed by atoms with van der Waals surface area (Å²) in [7, 11) is 4.33. The van der Waals surface area contributed by atoms with Crippen LogP contribution < -0.4 is 0 Å². The highest BCUT2D eigenvalue weighted by Crippen LogP contribution is 2.19. The van der Waals surface area contributed by atoms with Gasteiger partial charge in [-0.3, -0.25) is 4.79 Å². The first-order valence-corrected chi connectivity index (χ1v) is 25.9. The maximum Gasteiger partial charge on any atom is 0.409 e. The third kappa shape index (κ3) is 40.1. The van der Waals surface area contributed by atoms with E-state index in [2.05, 4.69) is 51.6 Å². The van der Waals surface area contributed by atoms with Crippen LogP contribution in [0.15, 0.2) is 0 Å². The average molecular weight is 822 g/mol. The Morgan fingerprint density at radius 1 is 0.414 bits per heavy atom. The zero-order chi connectivity index (χ0) is 42.6. The molecule has 0 heterocycles. The number of unbranched alkanes of at least 4 members (excludes halogenated alkanes) is 25. The van der Waals surface area contributed by atoms with Crippen molar-refractivity contribution in [1.82, 2.24) is 14.7 Å². The summed E-state index contributed by atoms with van der Waals surface area (Å²) in [4.78, 5) is 32.8. The fourth-order valence-corrected chi connectivity index (χ4v) is 8.02. The number of carbonyl (C=O) groups excluding carboxylic acids is 2. The Hall–Kier alpha value is -1.34. The van der Waals surface area contributed by atoms with Gasteiger partial charge in [0, 0.05) is 19.5 Å². The summed E-state index contributed by atoms with van der Waals surface area (Å²) in [5.74, 6) is 0.0344. The Bertz CT molecular complexity index is 840. The molecule has 7 nitrogen and oxygen atoms in total. The topological polar surface area (TPSA) is 62.3 Å². The Morgan fingerprint density at radius 3 is 1.26 bits per heavy atom. The maximum absolute atomic E-state index is 13.0. The van der Waals surface area contributed by atoms with Gasteiger partial charge in [-0.05, 0) is 117 Å². The van der Waals surface area contributed by atoms with Crippen LogP contribution in [0.3, 0.4) is 0 Å². The lowest BCUT2D eigenvalue weighted by Gasteiger charge is -2.23. The van der Waals surface area contributed by atoms with Gasteiger partial charge < -0.3 is 24.2 Å². The lowest BCUT2D eigenvalue weighted by atomic mass is 10.0. The van der Waals surface area contributed by atoms with E-state index in [4.69, 9.17) is 9.47 Å². The van der Waals surface area contributed by atoms with Crippen LogP contribution in [-0.4, -0.2) is 92.8 Å². The summed E-state index contributed by atoms with van der Waals surface area (Å²) in [6.07, 6.45) is 41.7. The lowest BCUT2D eigenvalue weighted by molar-refractivity contribution is -0.150. The van der Waals surface area contributed by atoms with Gasteiger partial charge in [0.05, 0.1) is 6.61 Å². The third-order valence-electron chi connectivity index (χ3n) is 11.9. The molecule has 0 bridgehead atoms. The van der Waals surface area contributed by atoms with Crippen LogP contribution in [0, 0.1) is 0 Å². The first kappa shape index (κ1) is 56.7. The predicted octanol–water partition coefficient (Wildman–Crippen LogP) is 14.9. The number of rotatable bonds is 46. The minimum Gasteiger partial charge on any atom is -0.462 e. The zero-order valence-electron chi connectivity index (χ0n) is 40.3. The van der Waals surface area contributed by atoms with Crippen LogP contribution in [0.2, 0.25) is 0 Å². The summed E-state index contributed by atoms with van der Waals surface area (Å²) in [6, 6.07) is 0. The number of ether oxygens (including phenoxy) is 2. The number of hydrogen-bond acceptors (Lipinski definition) is 6. The van der Waals surface area contributed by atoms with Gasteiger partial charge in [-0.2, -0.15) is 0 Å². The highest BCUT2D eigenvalue weighted by molar-refractivity contribution is 5.69. The van der Waals surface area contributed by atoms with E-state index in [-0.39, 0.29) is 18.2 Å². The van der Waals surface area contributed by atoms with Crippen LogP contribution in [0.4, 0.5) is 4.79 Å². The van der Waals surface area contributed by atoms with E-state index in [1.807, 2.05) is 4.90 Å². The first-order valence-electron chi connectivity index (χ1n) is 25.9. The summed E-state index contributed by atoms with van der Waals surface area (Å²) in [5, 5.41) is 0. The van der Waals surface area contributed by atoms with Crippen LogP contribution in [0.5, 0.6) is 0 Å². The lowest BCUT2D eigenvalue weighted by Crippen LogP contribution is -2.33. The zero-order valence-corrected chi connectivity index (χ0v) is 40.3. The number of hydrogen-bond donors (Lipinski definition) is 0. The normalized spacial score (nSPS) is 11.7. The SMILES string of the molecule is CCCCCCCCC(CCCCCCCC)OC(=O)CCCCCCN(CCCCCCOC(=O)N(CCCCCC)CCCCCCCC)CCCCN(C)C. The fourth-order valence-electron chi connectivity index (χ4n) is 8.02. The molecule has 0 saturated carbocycles. The molecule has 0 aliphatic carbocycles. The quantitative estimate of drug-likeness (QED) is 0.0450. The second-order valence-corrected chi connectivity index (χ2v) is 18.1. The van der Waals surface area contributed by atoms with Crippen LogP contribution in [-0.2, 0) is 14.3 Å². The smallest absolute Gasteiger partial charge is 0.409 e. The van der Waals surface area contributed by atoms with Crippen molar-refractivity contribution < 1.29 is 19.1 Å². The van der Waals surface area contributed by atoms with Gasteiger partial charge in [0.1, 0.15) is 6.10 Å². The molecule has 0 N–H and O–H groups in total. The first-order chi connectivity index (χ1) is 28.4. The minimum atomic E-state index is -0.0953. The van der Waals surface area contributed by atoms with Crippen LogP contribution in [0.1, 0.15) is 252 Å². The average Bonchev–Trinajstić information content (AvgIpc) is 3.21. The second-order valence-electron chi connectivity index (χ2n) is 18.1. The number of amides is 1. The van der Waals surface area contributed by atoms with E-state index in [1.54, 1.807) is 0 Å². The van der Waals surface area contributed by atoms with Crippen molar-refractivity contribution in [3.05, 3.63) is 0 Å². The predicted molar refractivity (Wildman–Crippen MR) is 252 cm³/mol. The number of esters is 1. The van der Waals surface area contributed by atoms with Gasteiger partial charge in [0.25, 0.3) is 0 Å². The Labute approximate surface area is 363 Å². The van der Waals surface area contributed by atoms with Crippen LogP contribution in [0.25, 0.3) is 0 Å². The van der Waals surface area contributed by atoms with E-state index in [9.17, 15) is 9.59 Å². The molecule has 0 saturated heterocycles. The van der Waals surface area contributed by atoms with Crippen molar-refractivity contribution in [2.45, 2.75) is 259 Å². The fraction of sp³-hybridized carbons (Fsp3) is 0.961. The molecule has 0 aliphatic heterocycles. The Kier molecular flexibility index (Phi) is 44.1. The summed E-state index contributed by atoms with van der Waals surface area (Å²) in [5.41, 5.74) is 0. The van der Waals surface area contributed by atoms with Gasteiger partial charge in [-0.25, -0.2) is 4.79 Å². The van der Waals surface area contributed by atoms with E-state index in [1.165, 1.54) is 173 Å². The van der Waals surface area contributed by atoms with Gasteiger partial charge in [0.15, 0.2) is 0 Å². The van der Waals surface area contributed by atoms with Crippen molar-refractivity contribution in [3.63, 3.8) is 0 Å². The van der Waals surface area contributed by atoms with Crippen molar-refractivity contribution in [1.29, 1.82) is 0 Å². The monoisotopic (exact) mass is 822 g/mol. The molecule has 58 heavy (non-hydrogen) atoms. The molecule has 0 aromatic heterocycles. The summed E-state index contributed by atoms with van der Waals surface area (Å²) in [6.45, 7) is 15.9. The molecule has 0 spiro atoms. The molecule has 0 aromatic carbocycles. The summed E-state index contributed by atoms with van der Waals surface area (Å²) >= 11 is 0. The standard InChI is InChI=1S/C51H103N3O4/c1-7-11-15-19-22-29-39-49(40-30-23-20-16-12-8-2)58-50(55)41-31-24-26-32-43-53(45-37-36-42-52(5)6)44-33-27-28-38-48-57-51(56)54(46-34-18-14-10-4)47-35-25-21-17-13-9-3/h49H,7-48H2,1-6H3. The van der Waals surface area contributed by atoms with E-state index in [0.29, 0.717) is 13.0 Å². The van der Waals surface area contributed by atoms with Gasteiger partial charge >= 0.3 is 12.1 Å². The van der Waals surface area contributed by atoms with Crippen molar-refractivity contribution in [2.75, 3.05) is 60.0 Å². The van der Waals surface area contributed by atoms with E-state index >= 15 is 0 Å².